The minimum atomic E-state index is -4.66. The molecule has 1 unspecified atom stereocenters. The van der Waals surface area contributed by atoms with Crippen LogP contribution in [0, 0.1) is 0 Å². The molecule has 3 amide bonds. The van der Waals surface area contributed by atoms with Crippen molar-refractivity contribution in [3.8, 4) is 5.69 Å². The molecule has 2 atom stereocenters. The molecule has 2 heterocycles. The predicted octanol–water partition coefficient (Wildman–Crippen LogP) is 5.99. The molecule has 0 fully saturated rings. The van der Waals surface area contributed by atoms with Gasteiger partial charge < -0.3 is 15.0 Å². The van der Waals surface area contributed by atoms with E-state index in [0.717, 1.165) is 11.0 Å². The van der Waals surface area contributed by atoms with Crippen molar-refractivity contribution in [2.75, 3.05) is 18.4 Å². The van der Waals surface area contributed by atoms with Gasteiger partial charge in [0.2, 0.25) is 5.95 Å². The summed E-state index contributed by atoms with van der Waals surface area (Å²) in [6.45, 7) is 7.12. The first-order chi connectivity index (χ1) is 21.2. The number of hydrogen-bond acceptors (Lipinski definition) is 7. The van der Waals surface area contributed by atoms with Gasteiger partial charge in [-0.05, 0) is 62.7 Å². The molecule has 1 aliphatic rings. The molecule has 3 aromatic rings. The van der Waals surface area contributed by atoms with E-state index in [1.165, 1.54) is 52.9 Å². The molecule has 0 aliphatic carbocycles. The molecular weight excluding hydrogens is 683 g/mol. The number of rotatable bonds is 7. The predicted molar refractivity (Wildman–Crippen MR) is 165 cm³/mol. The van der Waals surface area contributed by atoms with Gasteiger partial charge in [0, 0.05) is 40.3 Å². The summed E-state index contributed by atoms with van der Waals surface area (Å²) in [4.78, 5) is 58.8. The third kappa shape index (κ3) is 7.06. The van der Waals surface area contributed by atoms with Gasteiger partial charge in [0.15, 0.2) is 6.07 Å². The Morgan fingerprint density at radius 1 is 1.22 bits per heavy atom. The molecule has 0 saturated heterocycles. The smallest absolute Gasteiger partial charge is 0.417 e. The number of amides is 3. The maximum absolute atomic E-state index is 14.0. The average molecular weight is 711 g/mol. The molecule has 1 aliphatic heterocycles. The Labute approximate surface area is 269 Å². The quantitative estimate of drug-likeness (QED) is 0.237. The van der Waals surface area contributed by atoms with Crippen LogP contribution in [-0.4, -0.2) is 62.5 Å². The van der Waals surface area contributed by atoms with Crippen LogP contribution in [-0.2, 0) is 23.9 Å². The van der Waals surface area contributed by atoms with Crippen LogP contribution in [0.2, 0.25) is 0 Å². The summed E-state index contributed by atoms with van der Waals surface area (Å²) >= 11 is 8.30. The SMILES string of the molecule is C=CC(C)Nc1nc2c(c(=O)n1-c1ccc(C(=O)N(C)C(=O)OCCl)cc1)C[C@@H](C)N(C(=O)c1ccc(Br)c(C(F)(F)F)c1)C2. The lowest BCUT2D eigenvalue weighted by Gasteiger charge is -2.35. The molecule has 1 N–H and O–H groups in total. The third-order valence-electron chi connectivity index (χ3n) is 7.23. The topological polar surface area (TPSA) is 114 Å². The Bertz CT molecular complexity index is 1710. The number of alkyl halides is 4. The minimum absolute atomic E-state index is 0.0941. The van der Waals surface area contributed by atoms with Gasteiger partial charge in [-0.1, -0.05) is 33.6 Å². The van der Waals surface area contributed by atoms with Crippen LogP contribution < -0.4 is 10.9 Å². The maximum atomic E-state index is 14.0. The lowest BCUT2D eigenvalue weighted by atomic mass is 9.98. The highest BCUT2D eigenvalue weighted by atomic mass is 79.9. The second kappa shape index (κ2) is 13.4. The molecule has 15 heteroatoms. The normalized spacial score (nSPS) is 15.1. The van der Waals surface area contributed by atoms with Gasteiger partial charge in [0.25, 0.3) is 17.4 Å². The minimum Gasteiger partial charge on any atom is -0.433 e. The molecule has 238 valence electrons. The van der Waals surface area contributed by atoms with E-state index < -0.39 is 47.3 Å². The summed E-state index contributed by atoms with van der Waals surface area (Å²) in [7, 11) is 1.24. The highest BCUT2D eigenvalue weighted by molar-refractivity contribution is 9.10. The third-order valence-corrected chi connectivity index (χ3v) is 8.03. The Morgan fingerprint density at radius 3 is 2.47 bits per heavy atom. The first-order valence-corrected chi connectivity index (χ1v) is 14.8. The fourth-order valence-corrected chi connectivity index (χ4v) is 5.31. The van der Waals surface area contributed by atoms with E-state index >= 15 is 0 Å². The molecule has 0 saturated carbocycles. The summed E-state index contributed by atoms with van der Waals surface area (Å²) in [5.74, 6) is -1.16. The number of aromatic nitrogens is 2. The molecule has 0 spiro atoms. The zero-order valence-corrected chi connectivity index (χ0v) is 26.7. The number of imide groups is 1. The molecule has 1 aromatic heterocycles. The van der Waals surface area contributed by atoms with Gasteiger partial charge >= 0.3 is 12.3 Å². The number of halogens is 5. The number of carbonyl (C=O) groups excluding carboxylic acids is 3. The number of nitrogens with one attached hydrogen (secondary N) is 1. The van der Waals surface area contributed by atoms with Gasteiger partial charge in [0.1, 0.15) is 0 Å². The van der Waals surface area contributed by atoms with Crippen LogP contribution in [0.1, 0.15) is 51.4 Å². The first kappa shape index (κ1) is 33.7. The Hall–Kier alpha value is -4.17. The van der Waals surface area contributed by atoms with Crippen LogP contribution in [0.15, 0.2) is 64.4 Å². The Balaban J connectivity index is 1.72. The summed E-state index contributed by atoms with van der Waals surface area (Å²) in [6, 6.07) is 7.88. The fourth-order valence-electron chi connectivity index (χ4n) is 4.74. The largest absolute Gasteiger partial charge is 0.433 e. The van der Waals surface area contributed by atoms with E-state index in [1.54, 1.807) is 19.9 Å². The van der Waals surface area contributed by atoms with Gasteiger partial charge in [0.05, 0.1) is 23.5 Å². The molecule has 2 aromatic carbocycles. The zero-order chi connectivity index (χ0) is 33.2. The number of carbonyl (C=O) groups is 3. The van der Waals surface area contributed by atoms with Crippen LogP contribution >= 0.6 is 27.5 Å². The van der Waals surface area contributed by atoms with E-state index in [2.05, 4.69) is 37.5 Å². The Kier molecular flexibility index (Phi) is 10.1. The highest BCUT2D eigenvalue weighted by Crippen LogP contribution is 2.36. The van der Waals surface area contributed by atoms with Crippen molar-refractivity contribution in [3.63, 3.8) is 0 Å². The summed E-state index contributed by atoms with van der Waals surface area (Å²) in [5.41, 5.74) is -0.424. The number of ether oxygens (including phenoxy) is 1. The van der Waals surface area contributed by atoms with E-state index in [9.17, 15) is 32.3 Å². The van der Waals surface area contributed by atoms with Gasteiger partial charge in [-0.2, -0.15) is 13.2 Å². The first-order valence-electron chi connectivity index (χ1n) is 13.5. The van der Waals surface area contributed by atoms with Crippen molar-refractivity contribution in [2.45, 2.75) is 45.1 Å². The van der Waals surface area contributed by atoms with Crippen molar-refractivity contribution >= 4 is 51.4 Å². The number of hydrogen-bond donors (Lipinski definition) is 1. The second-order valence-electron chi connectivity index (χ2n) is 10.3. The summed E-state index contributed by atoms with van der Waals surface area (Å²) in [6.07, 6.45) is -3.91. The van der Waals surface area contributed by atoms with E-state index in [1.807, 2.05) is 0 Å². The van der Waals surface area contributed by atoms with Crippen LogP contribution in [0.4, 0.5) is 23.9 Å². The van der Waals surface area contributed by atoms with Crippen molar-refractivity contribution in [1.29, 1.82) is 0 Å². The molecule has 10 nitrogen and oxygen atoms in total. The van der Waals surface area contributed by atoms with Crippen molar-refractivity contribution in [2.24, 2.45) is 0 Å². The van der Waals surface area contributed by atoms with Crippen molar-refractivity contribution < 1.29 is 32.3 Å². The zero-order valence-electron chi connectivity index (χ0n) is 24.3. The summed E-state index contributed by atoms with van der Waals surface area (Å²) in [5, 5.41) is 3.10. The number of fused-ring (bicyclic) bond motifs is 1. The number of benzene rings is 2. The van der Waals surface area contributed by atoms with E-state index in [0.29, 0.717) is 16.9 Å². The standard InChI is InChI=1S/C30H28BrClF3N5O5/c1-5-16(2)36-28-37-24-14-39(26(42)19-8-11-23(31)22(13-19)30(33,34)35)17(3)12-21(24)27(43)40(28)20-9-6-18(7-10-20)25(41)38(4)29(44)45-15-32/h5-11,13,16-17H,1,12,14-15H2,2-4H3,(H,36,37)/t16?,17-/m1/s1. The van der Waals surface area contributed by atoms with E-state index in [-0.39, 0.29) is 40.6 Å². The molecule has 0 bridgehead atoms. The summed E-state index contributed by atoms with van der Waals surface area (Å²) < 4.78 is 46.3. The van der Waals surface area contributed by atoms with Crippen LogP contribution in [0.3, 0.4) is 0 Å². The van der Waals surface area contributed by atoms with Gasteiger partial charge in [-0.25, -0.2) is 19.2 Å². The lowest BCUT2D eigenvalue weighted by molar-refractivity contribution is -0.138. The molecular formula is C30H28BrClF3N5O5. The molecule has 0 radical (unpaired) electrons. The monoisotopic (exact) mass is 709 g/mol. The van der Waals surface area contributed by atoms with Crippen molar-refractivity contribution in [1.82, 2.24) is 19.4 Å². The number of nitrogens with zero attached hydrogens (tertiary/aromatic N) is 4. The van der Waals surface area contributed by atoms with Crippen molar-refractivity contribution in [3.05, 3.63) is 97.9 Å². The highest BCUT2D eigenvalue weighted by Gasteiger charge is 2.36. The molecule has 4 rings (SSSR count). The van der Waals surface area contributed by atoms with Gasteiger partial charge in [-0.15, -0.1) is 6.58 Å². The van der Waals surface area contributed by atoms with E-state index in [4.69, 9.17) is 11.6 Å². The van der Waals surface area contributed by atoms with Crippen LogP contribution in [0.25, 0.3) is 5.69 Å². The lowest BCUT2D eigenvalue weighted by Crippen LogP contribution is -2.46. The van der Waals surface area contributed by atoms with Crippen LogP contribution in [0.5, 0.6) is 0 Å². The molecule has 45 heavy (non-hydrogen) atoms. The van der Waals surface area contributed by atoms with Gasteiger partial charge in [-0.3, -0.25) is 14.4 Å². The average Bonchev–Trinajstić information content (AvgIpc) is 3.00. The fraction of sp³-hybridized carbons (Fsp3) is 0.300. The number of anilines is 1. The Morgan fingerprint density at radius 2 is 1.87 bits per heavy atom. The second-order valence-corrected chi connectivity index (χ2v) is 11.4. The maximum Gasteiger partial charge on any atom is 0.417 e.